The number of nitrogens with zero attached hydrogens (tertiary/aromatic N) is 4. The van der Waals surface area contributed by atoms with Gasteiger partial charge in [0.25, 0.3) is 11.2 Å². The van der Waals surface area contributed by atoms with Crippen molar-refractivity contribution in [3.05, 3.63) is 45.9 Å². The van der Waals surface area contributed by atoms with Crippen LogP contribution in [0.25, 0.3) is 16.7 Å². The number of nitrogen functional groups attached to an aromatic ring is 1. The van der Waals surface area contributed by atoms with Crippen LogP contribution < -0.4 is 15.9 Å². The van der Waals surface area contributed by atoms with Crippen molar-refractivity contribution in [3.63, 3.8) is 0 Å². The fraction of sp³-hybridized carbons (Fsp3) is 0.429. The molecule has 0 spiro atoms. The van der Waals surface area contributed by atoms with E-state index in [1.807, 2.05) is 13.0 Å². The molecule has 2 N–H and O–H groups in total. The molecule has 30 heavy (non-hydrogen) atoms. The molecule has 1 fully saturated rings. The molecule has 0 amide bonds. The van der Waals surface area contributed by atoms with Gasteiger partial charge in [-0.05, 0) is 25.5 Å². The molecule has 0 atom stereocenters. The molecule has 0 radical (unpaired) electrons. The summed E-state index contributed by atoms with van der Waals surface area (Å²) in [6, 6.07) is 5.19. The van der Waals surface area contributed by atoms with Crippen LogP contribution in [0.5, 0.6) is 0 Å². The number of esters is 1. The lowest BCUT2D eigenvalue weighted by atomic mass is 10.2. The first-order valence-corrected chi connectivity index (χ1v) is 10.0. The molecule has 1 aliphatic rings. The number of hydrogen-bond acceptors (Lipinski definition) is 7. The van der Waals surface area contributed by atoms with Gasteiger partial charge < -0.3 is 15.2 Å². The van der Waals surface area contributed by atoms with E-state index < -0.39 is 5.97 Å². The summed E-state index contributed by atoms with van der Waals surface area (Å²) < 4.78 is 13.5. The highest BCUT2D eigenvalue weighted by Crippen LogP contribution is 2.17. The van der Waals surface area contributed by atoms with Crippen LogP contribution in [0.3, 0.4) is 0 Å². The number of fused-ring (bicyclic) bond motifs is 2. The van der Waals surface area contributed by atoms with Crippen LogP contribution in [0, 0.1) is 6.92 Å². The Labute approximate surface area is 173 Å². The van der Waals surface area contributed by atoms with Gasteiger partial charge in [0.05, 0.1) is 26.9 Å². The summed E-state index contributed by atoms with van der Waals surface area (Å²) >= 11 is 0. The van der Waals surface area contributed by atoms with Crippen molar-refractivity contribution in [2.75, 3.05) is 45.7 Å². The molecule has 0 aliphatic carbocycles. The Bertz CT molecular complexity index is 1170. The van der Waals surface area contributed by atoms with Gasteiger partial charge in [-0.3, -0.25) is 14.1 Å². The second-order valence-corrected chi connectivity index (χ2v) is 7.43. The fourth-order valence-corrected chi connectivity index (χ4v) is 3.89. The highest BCUT2D eigenvalue weighted by atomic mass is 16.5. The van der Waals surface area contributed by atoms with E-state index in [0.717, 1.165) is 44.8 Å². The van der Waals surface area contributed by atoms with Crippen LogP contribution in [0.15, 0.2) is 29.2 Å². The van der Waals surface area contributed by atoms with E-state index in [-0.39, 0.29) is 16.9 Å². The minimum atomic E-state index is -0.579. The third kappa shape index (κ3) is 3.61. The lowest BCUT2D eigenvalue weighted by Crippen LogP contribution is -2.44. The Balaban J connectivity index is 1.83. The molecular formula is C21H26N5O4+. The second kappa shape index (κ2) is 8.37. The Morgan fingerprint density at radius 2 is 2.13 bits per heavy atom. The Kier molecular flexibility index (Phi) is 5.65. The van der Waals surface area contributed by atoms with Crippen LogP contribution in [0.4, 0.5) is 5.82 Å². The molecule has 9 heteroatoms. The number of pyridine rings is 2. The normalized spacial score (nSPS) is 15.0. The molecule has 3 aromatic rings. The minimum Gasteiger partial charge on any atom is -0.465 e. The van der Waals surface area contributed by atoms with E-state index in [4.69, 9.17) is 20.2 Å². The zero-order chi connectivity index (χ0) is 21.3. The van der Waals surface area contributed by atoms with Gasteiger partial charge >= 0.3 is 5.97 Å². The van der Waals surface area contributed by atoms with E-state index in [0.29, 0.717) is 23.2 Å². The molecule has 0 saturated carbocycles. The summed E-state index contributed by atoms with van der Waals surface area (Å²) in [7, 11) is 1.30. The average Bonchev–Trinajstić information content (AvgIpc) is 2.76. The number of carbonyl (C=O) groups excluding carboxylic acids is 1. The summed E-state index contributed by atoms with van der Waals surface area (Å²) in [5, 5.41) is 0.332. The van der Waals surface area contributed by atoms with Crippen LogP contribution in [0.1, 0.15) is 22.3 Å². The zero-order valence-electron chi connectivity index (χ0n) is 17.3. The molecule has 4 heterocycles. The number of rotatable bonds is 5. The average molecular weight is 412 g/mol. The van der Waals surface area contributed by atoms with Gasteiger partial charge in [-0.2, -0.15) is 0 Å². The molecule has 0 aromatic carbocycles. The van der Waals surface area contributed by atoms with Crippen LogP contribution >= 0.6 is 0 Å². The SMILES string of the molecule is COC(=O)c1cc2c(=O)n3cccc(C)c3nc2[n+](CCCN2CCOCC2)c1N. The quantitative estimate of drug-likeness (QED) is 0.370. The van der Waals surface area contributed by atoms with Crippen LogP contribution in [-0.4, -0.2) is 60.2 Å². The number of nitrogens with two attached hydrogens (primary N) is 1. The fourth-order valence-electron chi connectivity index (χ4n) is 3.89. The molecule has 3 aromatic heterocycles. The number of morpholine rings is 1. The highest BCUT2D eigenvalue weighted by molar-refractivity contribution is 5.96. The summed E-state index contributed by atoms with van der Waals surface area (Å²) in [6.07, 6.45) is 2.47. The van der Waals surface area contributed by atoms with Gasteiger partial charge in [0.1, 0.15) is 10.9 Å². The maximum atomic E-state index is 13.2. The van der Waals surface area contributed by atoms with Crippen molar-refractivity contribution in [2.45, 2.75) is 19.9 Å². The predicted molar refractivity (Wildman–Crippen MR) is 112 cm³/mol. The topological polar surface area (TPSA) is 103 Å². The number of carbonyl (C=O) groups is 1. The van der Waals surface area contributed by atoms with Gasteiger partial charge in [0.2, 0.25) is 11.5 Å². The van der Waals surface area contributed by atoms with Crippen molar-refractivity contribution in [1.29, 1.82) is 0 Å². The summed E-state index contributed by atoms with van der Waals surface area (Å²) in [4.78, 5) is 32.6. The number of aromatic nitrogens is 3. The molecule has 4 rings (SSSR count). The minimum absolute atomic E-state index is 0.169. The molecular weight excluding hydrogens is 386 g/mol. The number of hydrogen-bond donors (Lipinski definition) is 1. The van der Waals surface area contributed by atoms with E-state index in [2.05, 4.69) is 4.90 Å². The number of anilines is 1. The third-order valence-corrected chi connectivity index (χ3v) is 5.54. The summed E-state index contributed by atoms with van der Waals surface area (Å²) in [5.74, 6) is -0.328. The van der Waals surface area contributed by atoms with Gasteiger partial charge in [0.15, 0.2) is 0 Å². The highest BCUT2D eigenvalue weighted by Gasteiger charge is 2.25. The van der Waals surface area contributed by atoms with E-state index >= 15 is 0 Å². The first-order chi connectivity index (χ1) is 14.5. The van der Waals surface area contributed by atoms with Crippen molar-refractivity contribution >= 4 is 28.5 Å². The largest absolute Gasteiger partial charge is 0.465 e. The lowest BCUT2D eigenvalue weighted by Gasteiger charge is -2.26. The predicted octanol–water partition coefficient (Wildman–Crippen LogP) is 0.535. The number of methoxy groups -OCH3 is 1. The molecule has 0 unspecified atom stereocenters. The zero-order valence-corrected chi connectivity index (χ0v) is 17.3. The maximum absolute atomic E-state index is 13.2. The Hall–Kier alpha value is -3.04. The Morgan fingerprint density at radius 1 is 1.37 bits per heavy atom. The molecule has 0 bridgehead atoms. The summed E-state index contributed by atoms with van der Waals surface area (Å²) in [6.45, 7) is 6.56. The molecule has 1 saturated heterocycles. The Morgan fingerprint density at radius 3 is 2.87 bits per heavy atom. The van der Waals surface area contributed by atoms with Crippen LogP contribution in [0.2, 0.25) is 0 Å². The molecule has 1 aliphatic heterocycles. The smallest absolute Gasteiger partial charge is 0.344 e. The van der Waals surface area contributed by atoms with Crippen molar-refractivity contribution < 1.29 is 18.8 Å². The molecule has 9 nitrogen and oxygen atoms in total. The van der Waals surface area contributed by atoms with Crippen molar-refractivity contribution in [2.24, 2.45) is 0 Å². The van der Waals surface area contributed by atoms with E-state index in [1.165, 1.54) is 17.6 Å². The number of aryl methyl sites for hydroxylation is 2. The first kappa shape index (κ1) is 20.2. The molecule has 158 valence electrons. The van der Waals surface area contributed by atoms with Gasteiger partial charge in [-0.25, -0.2) is 9.36 Å². The van der Waals surface area contributed by atoms with Gasteiger partial charge in [0, 0.05) is 31.4 Å². The summed E-state index contributed by atoms with van der Waals surface area (Å²) in [5.41, 5.74) is 8.21. The van der Waals surface area contributed by atoms with E-state index in [1.54, 1.807) is 16.8 Å². The van der Waals surface area contributed by atoms with E-state index in [9.17, 15) is 9.59 Å². The van der Waals surface area contributed by atoms with Crippen LogP contribution in [-0.2, 0) is 16.0 Å². The third-order valence-electron chi connectivity index (χ3n) is 5.54. The standard InChI is InChI=1S/C21H25N5O4/c1-14-5-3-7-26-18(14)23-19-16(20(26)27)13-15(21(28)29-2)17(22)25(19)8-4-6-24-9-11-30-12-10-24/h3,5,7,13,22H,4,6,8-12H2,1-2H3/p+1. The maximum Gasteiger partial charge on any atom is 0.344 e. The van der Waals surface area contributed by atoms with Gasteiger partial charge in [-0.15, -0.1) is 0 Å². The second-order valence-electron chi connectivity index (χ2n) is 7.43. The van der Waals surface area contributed by atoms with Crippen molar-refractivity contribution in [1.82, 2.24) is 14.3 Å². The van der Waals surface area contributed by atoms with Crippen molar-refractivity contribution in [3.8, 4) is 0 Å². The monoisotopic (exact) mass is 412 g/mol. The van der Waals surface area contributed by atoms with Gasteiger partial charge in [-0.1, -0.05) is 11.1 Å². The lowest BCUT2D eigenvalue weighted by molar-refractivity contribution is -0.659. The first-order valence-electron chi connectivity index (χ1n) is 10.0. The number of ether oxygens (including phenoxy) is 2.